The predicted molar refractivity (Wildman–Crippen MR) is 66.9 cm³/mol. The molecule has 0 N–H and O–H groups in total. The van der Waals surface area contributed by atoms with Crippen molar-refractivity contribution < 1.29 is 4.39 Å². The van der Waals surface area contributed by atoms with Gasteiger partial charge in [-0.3, -0.25) is 4.90 Å². The number of halogens is 1. The van der Waals surface area contributed by atoms with Gasteiger partial charge < -0.3 is 0 Å². The molecule has 0 aliphatic carbocycles. The van der Waals surface area contributed by atoms with Gasteiger partial charge in [-0.05, 0) is 51.4 Å². The lowest BCUT2D eigenvalue weighted by Crippen LogP contribution is -2.34. The lowest BCUT2D eigenvalue weighted by Gasteiger charge is -2.32. The fourth-order valence-corrected chi connectivity index (χ4v) is 2.09. The van der Waals surface area contributed by atoms with E-state index >= 15 is 0 Å². The van der Waals surface area contributed by atoms with Crippen LogP contribution in [0.2, 0.25) is 0 Å². The molecule has 0 saturated carbocycles. The summed E-state index contributed by atoms with van der Waals surface area (Å²) in [5.41, 5.74) is 1.18. The van der Waals surface area contributed by atoms with Gasteiger partial charge in [-0.2, -0.15) is 0 Å². The molecule has 0 bridgehead atoms. The van der Waals surface area contributed by atoms with Crippen LogP contribution in [0.5, 0.6) is 0 Å². The van der Waals surface area contributed by atoms with Gasteiger partial charge >= 0.3 is 0 Å². The minimum atomic E-state index is -0.164. The summed E-state index contributed by atoms with van der Waals surface area (Å²) in [5, 5.41) is 0. The summed E-state index contributed by atoms with van der Waals surface area (Å²) in [6.07, 6.45) is 1.14. The maximum absolute atomic E-state index is 12.8. The summed E-state index contributed by atoms with van der Waals surface area (Å²) in [4.78, 5) is 2.44. The summed E-state index contributed by atoms with van der Waals surface area (Å²) in [6, 6.07) is 7.70. The second-order valence-electron chi connectivity index (χ2n) is 4.56. The van der Waals surface area contributed by atoms with Crippen LogP contribution < -0.4 is 0 Å². The Morgan fingerprint density at radius 2 is 1.69 bits per heavy atom. The molecule has 0 aliphatic heterocycles. The van der Waals surface area contributed by atoms with Crippen molar-refractivity contribution in [1.82, 2.24) is 4.90 Å². The number of hydrogen-bond donors (Lipinski definition) is 0. The summed E-state index contributed by atoms with van der Waals surface area (Å²) in [7, 11) is 0. The Morgan fingerprint density at radius 3 is 2.12 bits per heavy atom. The van der Waals surface area contributed by atoms with Crippen molar-refractivity contribution in [2.24, 2.45) is 0 Å². The largest absolute Gasteiger partial charge is 0.294 e. The van der Waals surface area contributed by atoms with E-state index in [-0.39, 0.29) is 5.82 Å². The highest BCUT2D eigenvalue weighted by molar-refractivity contribution is 5.19. The van der Waals surface area contributed by atoms with Crippen molar-refractivity contribution in [3.8, 4) is 0 Å². The number of hydrogen-bond acceptors (Lipinski definition) is 1. The predicted octanol–water partition coefficient (Wildman–Crippen LogP) is 4.01. The molecule has 0 aromatic heterocycles. The number of nitrogens with zero attached hydrogens (tertiary/aromatic N) is 1. The topological polar surface area (TPSA) is 3.24 Å². The smallest absolute Gasteiger partial charge is 0.123 e. The third kappa shape index (κ3) is 3.31. The van der Waals surface area contributed by atoms with E-state index in [0.717, 1.165) is 13.0 Å². The fourth-order valence-electron chi connectivity index (χ4n) is 2.09. The molecule has 1 aromatic rings. The van der Waals surface area contributed by atoms with E-state index in [0.29, 0.717) is 12.1 Å². The molecule has 1 nitrogen and oxygen atoms in total. The van der Waals surface area contributed by atoms with Gasteiger partial charge in [0.25, 0.3) is 0 Å². The van der Waals surface area contributed by atoms with Gasteiger partial charge in [0.05, 0.1) is 0 Å². The highest BCUT2D eigenvalue weighted by Gasteiger charge is 2.17. The molecule has 1 atom stereocenters. The van der Waals surface area contributed by atoms with Gasteiger partial charge in [-0.25, -0.2) is 4.39 Å². The van der Waals surface area contributed by atoms with Crippen molar-refractivity contribution in [1.29, 1.82) is 0 Å². The van der Waals surface area contributed by atoms with Crippen LogP contribution in [0.4, 0.5) is 4.39 Å². The Balaban J connectivity index is 2.81. The molecule has 0 fully saturated rings. The van der Waals surface area contributed by atoms with Crippen LogP contribution in [0.1, 0.15) is 45.7 Å². The lowest BCUT2D eigenvalue weighted by molar-refractivity contribution is 0.165. The lowest BCUT2D eigenvalue weighted by atomic mass is 10.1. The van der Waals surface area contributed by atoms with Gasteiger partial charge in [0.2, 0.25) is 0 Å². The molecular weight excluding hydrogens is 201 g/mol. The van der Waals surface area contributed by atoms with Crippen molar-refractivity contribution in [3.05, 3.63) is 35.6 Å². The molecule has 0 spiro atoms. The zero-order valence-corrected chi connectivity index (χ0v) is 10.7. The first-order valence-electron chi connectivity index (χ1n) is 6.07. The summed E-state index contributed by atoms with van der Waals surface area (Å²) >= 11 is 0. The highest BCUT2D eigenvalue weighted by atomic mass is 19.1. The van der Waals surface area contributed by atoms with Crippen LogP contribution in [0, 0.1) is 5.82 Å². The Labute approximate surface area is 98.3 Å². The monoisotopic (exact) mass is 223 g/mol. The van der Waals surface area contributed by atoms with E-state index in [2.05, 4.69) is 32.6 Å². The average molecular weight is 223 g/mol. The molecular formula is C14H22FN. The quantitative estimate of drug-likeness (QED) is 0.729. The first-order chi connectivity index (χ1) is 7.56. The van der Waals surface area contributed by atoms with Crippen LogP contribution >= 0.6 is 0 Å². The summed E-state index contributed by atoms with van der Waals surface area (Å²) in [5.74, 6) is -0.164. The zero-order chi connectivity index (χ0) is 12.1. The molecule has 2 heteroatoms. The van der Waals surface area contributed by atoms with Gasteiger partial charge in [0.1, 0.15) is 5.82 Å². The fraction of sp³-hybridized carbons (Fsp3) is 0.571. The van der Waals surface area contributed by atoms with Gasteiger partial charge in [-0.1, -0.05) is 19.1 Å². The standard InChI is InChI=1S/C14H22FN/c1-5-10-16(11(2)3)12(4)13-6-8-14(15)9-7-13/h6-9,11-12H,5,10H2,1-4H3. The van der Waals surface area contributed by atoms with Crippen molar-refractivity contribution in [2.45, 2.75) is 46.2 Å². The molecule has 0 heterocycles. The van der Waals surface area contributed by atoms with E-state index in [9.17, 15) is 4.39 Å². The third-order valence-corrected chi connectivity index (χ3v) is 2.99. The first kappa shape index (κ1) is 13.2. The maximum atomic E-state index is 12.8. The number of rotatable bonds is 5. The highest BCUT2D eigenvalue weighted by Crippen LogP contribution is 2.22. The van der Waals surface area contributed by atoms with E-state index in [4.69, 9.17) is 0 Å². The molecule has 16 heavy (non-hydrogen) atoms. The number of benzene rings is 1. The van der Waals surface area contributed by atoms with Gasteiger partial charge in [0.15, 0.2) is 0 Å². The minimum absolute atomic E-state index is 0.164. The first-order valence-corrected chi connectivity index (χ1v) is 6.07. The van der Waals surface area contributed by atoms with E-state index in [1.54, 1.807) is 0 Å². The van der Waals surface area contributed by atoms with Crippen LogP contribution in [0.3, 0.4) is 0 Å². The Kier molecular flexibility index (Phi) is 4.94. The second-order valence-corrected chi connectivity index (χ2v) is 4.56. The van der Waals surface area contributed by atoms with Crippen LogP contribution in [-0.2, 0) is 0 Å². The van der Waals surface area contributed by atoms with Gasteiger partial charge in [-0.15, -0.1) is 0 Å². The Bertz CT molecular complexity index is 305. The van der Waals surface area contributed by atoms with E-state index < -0.39 is 0 Å². The second kappa shape index (κ2) is 6.00. The molecule has 0 amide bonds. The van der Waals surface area contributed by atoms with Crippen LogP contribution in [-0.4, -0.2) is 17.5 Å². The zero-order valence-electron chi connectivity index (χ0n) is 10.7. The molecule has 1 unspecified atom stereocenters. The molecule has 0 radical (unpaired) electrons. The van der Waals surface area contributed by atoms with Gasteiger partial charge in [0, 0.05) is 12.1 Å². The molecule has 0 saturated heterocycles. The third-order valence-electron chi connectivity index (χ3n) is 2.99. The van der Waals surface area contributed by atoms with Crippen molar-refractivity contribution in [3.63, 3.8) is 0 Å². The average Bonchev–Trinajstić information content (AvgIpc) is 2.25. The minimum Gasteiger partial charge on any atom is -0.294 e. The SMILES string of the molecule is CCCN(C(C)C)C(C)c1ccc(F)cc1. The molecule has 1 aromatic carbocycles. The summed E-state index contributed by atoms with van der Waals surface area (Å²) < 4.78 is 12.8. The Morgan fingerprint density at radius 1 is 1.12 bits per heavy atom. The molecule has 1 rings (SSSR count). The summed E-state index contributed by atoms with van der Waals surface area (Å²) in [6.45, 7) is 9.86. The maximum Gasteiger partial charge on any atom is 0.123 e. The molecule has 0 aliphatic rings. The van der Waals surface area contributed by atoms with E-state index in [1.807, 2.05) is 12.1 Å². The Hall–Kier alpha value is -0.890. The van der Waals surface area contributed by atoms with Crippen molar-refractivity contribution >= 4 is 0 Å². The van der Waals surface area contributed by atoms with Crippen LogP contribution in [0.15, 0.2) is 24.3 Å². The molecule has 90 valence electrons. The normalized spacial score (nSPS) is 13.4. The van der Waals surface area contributed by atoms with E-state index in [1.165, 1.54) is 17.7 Å². The van der Waals surface area contributed by atoms with Crippen LogP contribution in [0.25, 0.3) is 0 Å². The van der Waals surface area contributed by atoms with Crippen molar-refractivity contribution in [2.75, 3.05) is 6.54 Å².